The molecule has 2 rings (SSSR count). The van der Waals surface area contributed by atoms with Gasteiger partial charge in [-0.3, -0.25) is 4.79 Å². The topological polar surface area (TPSA) is 73.9 Å². The van der Waals surface area contributed by atoms with Crippen molar-refractivity contribution in [2.24, 2.45) is 0 Å². The molecule has 138 valence electrons. The van der Waals surface area contributed by atoms with Gasteiger partial charge in [-0.15, -0.1) is 0 Å². The van der Waals surface area contributed by atoms with Crippen molar-refractivity contribution in [3.8, 4) is 11.5 Å². The number of hydrogen-bond acceptors (Lipinski definition) is 5. The number of carbonyl (C=O) groups excluding carboxylic acids is 2. The zero-order valence-corrected chi connectivity index (χ0v) is 15.2. The van der Waals surface area contributed by atoms with E-state index >= 15 is 0 Å². The summed E-state index contributed by atoms with van der Waals surface area (Å²) >= 11 is 0. The van der Waals surface area contributed by atoms with Crippen molar-refractivity contribution in [3.63, 3.8) is 0 Å². The van der Waals surface area contributed by atoms with E-state index in [9.17, 15) is 9.59 Å². The monoisotopic (exact) mass is 357 g/mol. The molecule has 0 heterocycles. The maximum absolute atomic E-state index is 12.2. The van der Waals surface area contributed by atoms with Crippen molar-refractivity contribution in [1.82, 2.24) is 0 Å². The molecule has 6 heteroatoms. The highest BCUT2D eigenvalue weighted by molar-refractivity contribution is 5.97. The van der Waals surface area contributed by atoms with Gasteiger partial charge in [0.05, 0.1) is 19.3 Å². The minimum absolute atomic E-state index is 0.356. The molecular formula is C20H23NO5. The van der Waals surface area contributed by atoms with Crippen LogP contribution in [0, 0.1) is 0 Å². The average Bonchev–Trinajstić information content (AvgIpc) is 2.66. The van der Waals surface area contributed by atoms with E-state index in [1.54, 1.807) is 55.6 Å². The largest absolute Gasteiger partial charge is 0.497 e. The van der Waals surface area contributed by atoms with Crippen molar-refractivity contribution in [2.75, 3.05) is 19.0 Å². The highest BCUT2D eigenvalue weighted by atomic mass is 16.5. The molecule has 2 aromatic carbocycles. The molecule has 0 unspecified atom stereocenters. The maximum Gasteiger partial charge on any atom is 0.338 e. The molecule has 0 bridgehead atoms. The molecule has 1 N–H and O–H groups in total. The lowest BCUT2D eigenvalue weighted by molar-refractivity contribution is -0.123. The standard InChI is InChI=1S/C20H23NO5/c1-4-12-25-17-10-8-15(9-11-17)20(23)26-14(2)19(22)21-16-6-5-7-18(13-16)24-3/h5-11,13-14H,4,12H2,1-3H3,(H,21,22)/t14-/m1/s1. The van der Waals surface area contributed by atoms with Crippen molar-refractivity contribution in [3.05, 3.63) is 54.1 Å². The Balaban J connectivity index is 1.91. The van der Waals surface area contributed by atoms with Crippen LogP contribution in [0.3, 0.4) is 0 Å². The molecule has 1 amide bonds. The van der Waals surface area contributed by atoms with Crippen LogP contribution in [-0.2, 0) is 9.53 Å². The molecule has 0 radical (unpaired) electrons. The fraction of sp³-hybridized carbons (Fsp3) is 0.300. The maximum atomic E-state index is 12.2. The van der Waals surface area contributed by atoms with Crippen LogP contribution < -0.4 is 14.8 Å². The first kappa shape index (κ1) is 19.3. The molecule has 2 aromatic rings. The summed E-state index contributed by atoms with van der Waals surface area (Å²) in [6.45, 7) is 4.15. The summed E-state index contributed by atoms with van der Waals surface area (Å²) in [4.78, 5) is 24.4. The first-order valence-electron chi connectivity index (χ1n) is 8.42. The normalized spacial score (nSPS) is 11.3. The molecule has 26 heavy (non-hydrogen) atoms. The van der Waals surface area contributed by atoms with Gasteiger partial charge in [0.1, 0.15) is 11.5 Å². The zero-order chi connectivity index (χ0) is 18.9. The van der Waals surface area contributed by atoms with Gasteiger partial charge in [-0.1, -0.05) is 13.0 Å². The van der Waals surface area contributed by atoms with Gasteiger partial charge in [0.25, 0.3) is 5.91 Å². The van der Waals surface area contributed by atoms with E-state index in [1.165, 1.54) is 6.92 Å². The smallest absolute Gasteiger partial charge is 0.338 e. The lowest BCUT2D eigenvalue weighted by atomic mass is 10.2. The van der Waals surface area contributed by atoms with Gasteiger partial charge in [0, 0.05) is 11.8 Å². The Hall–Kier alpha value is -3.02. The van der Waals surface area contributed by atoms with Gasteiger partial charge >= 0.3 is 5.97 Å². The molecule has 0 aliphatic heterocycles. The molecule has 6 nitrogen and oxygen atoms in total. The van der Waals surface area contributed by atoms with Gasteiger partial charge in [-0.05, 0) is 49.7 Å². The van der Waals surface area contributed by atoms with Crippen LogP contribution in [0.5, 0.6) is 11.5 Å². The van der Waals surface area contributed by atoms with Crippen molar-refractivity contribution >= 4 is 17.6 Å². The van der Waals surface area contributed by atoms with Gasteiger partial charge in [-0.2, -0.15) is 0 Å². The van der Waals surface area contributed by atoms with Crippen LogP contribution in [0.25, 0.3) is 0 Å². The van der Waals surface area contributed by atoms with E-state index in [4.69, 9.17) is 14.2 Å². The SMILES string of the molecule is CCCOc1ccc(C(=O)O[C@H](C)C(=O)Nc2cccc(OC)c2)cc1. The highest BCUT2D eigenvalue weighted by Crippen LogP contribution is 2.18. The van der Waals surface area contributed by atoms with Gasteiger partial charge in [0.2, 0.25) is 0 Å². The van der Waals surface area contributed by atoms with Crippen LogP contribution in [0.4, 0.5) is 5.69 Å². The number of esters is 1. The minimum Gasteiger partial charge on any atom is -0.497 e. The lowest BCUT2D eigenvalue weighted by Crippen LogP contribution is -2.30. The number of rotatable bonds is 8. The Labute approximate surface area is 153 Å². The Morgan fingerprint density at radius 1 is 1.08 bits per heavy atom. The molecular weight excluding hydrogens is 334 g/mol. The molecule has 0 aromatic heterocycles. The molecule has 0 spiro atoms. The van der Waals surface area contributed by atoms with E-state index in [0.29, 0.717) is 29.4 Å². The van der Waals surface area contributed by atoms with E-state index < -0.39 is 18.0 Å². The van der Waals surface area contributed by atoms with E-state index in [2.05, 4.69) is 5.32 Å². The van der Waals surface area contributed by atoms with Crippen LogP contribution in [0.2, 0.25) is 0 Å². The third-order valence-electron chi connectivity index (χ3n) is 3.55. The van der Waals surface area contributed by atoms with Crippen LogP contribution in [-0.4, -0.2) is 31.7 Å². The van der Waals surface area contributed by atoms with Gasteiger partial charge < -0.3 is 19.5 Å². The Morgan fingerprint density at radius 3 is 2.46 bits per heavy atom. The third kappa shape index (κ3) is 5.51. The molecule has 0 fully saturated rings. The van der Waals surface area contributed by atoms with Crippen LogP contribution in [0.1, 0.15) is 30.6 Å². The number of carbonyl (C=O) groups is 2. The van der Waals surface area contributed by atoms with E-state index in [1.807, 2.05) is 6.92 Å². The predicted octanol–water partition coefficient (Wildman–Crippen LogP) is 3.67. The summed E-state index contributed by atoms with van der Waals surface area (Å²) in [5, 5.41) is 2.69. The molecule has 0 aliphatic carbocycles. The molecule has 0 aliphatic rings. The summed E-state index contributed by atoms with van der Waals surface area (Å²) in [5.41, 5.74) is 0.921. The number of benzene rings is 2. The summed E-state index contributed by atoms with van der Waals surface area (Å²) in [7, 11) is 1.55. The molecule has 0 saturated carbocycles. The third-order valence-corrected chi connectivity index (χ3v) is 3.55. The first-order valence-corrected chi connectivity index (χ1v) is 8.42. The van der Waals surface area contributed by atoms with Crippen LogP contribution >= 0.6 is 0 Å². The van der Waals surface area contributed by atoms with Crippen LogP contribution in [0.15, 0.2) is 48.5 Å². The number of hydrogen-bond donors (Lipinski definition) is 1. The highest BCUT2D eigenvalue weighted by Gasteiger charge is 2.19. The number of ether oxygens (including phenoxy) is 3. The number of anilines is 1. The number of nitrogens with one attached hydrogen (secondary N) is 1. The second kappa shape index (κ2) is 9.46. The van der Waals surface area contributed by atoms with Crippen molar-refractivity contribution in [2.45, 2.75) is 26.4 Å². The summed E-state index contributed by atoms with van der Waals surface area (Å²) in [6, 6.07) is 13.6. The molecule has 1 atom stereocenters. The Kier molecular flexibility index (Phi) is 7.02. The molecule has 0 saturated heterocycles. The van der Waals surface area contributed by atoms with Gasteiger partial charge in [-0.25, -0.2) is 4.79 Å². The first-order chi connectivity index (χ1) is 12.5. The fourth-order valence-electron chi connectivity index (χ4n) is 2.13. The Bertz CT molecular complexity index is 742. The number of methoxy groups -OCH3 is 1. The summed E-state index contributed by atoms with van der Waals surface area (Å²) in [6.07, 6.45) is -0.0336. The van der Waals surface area contributed by atoms with E-state index in [0.717, 1.165) is 6.42 Å². The zero-order valence-electron chi connectivity index (χ0n) is 15.2. The van der Waals surface area contributed by atoms with Crippen molar-refractivity contribution in [1.29, 1.82) is 0 Å². The minimum atomic E-state index is -0.940. The quantitative estimate of drug-likeness (QED) is 0.730. The average molecular weight is 357 g/mol. The number of amides is 1. The van der Waals surface area contributed by atoms with Crippen molar-refractivity contribution < 1.29 is 23.8 Å². The van der Waals surface area contributed by atoms with E-state index in [-0.39, 0.29) is 0 Å². The van der Waals surface area contributed by atoms with Gasteiger partial charge in [0.15, 0.2) is 6.10 Å². The predicted molar refractivity (Wildman–Crippen MR) is 98.7 cm³/mol. The second-order valence-corrected chi connectivity index (χ2v) is 5.64. The fourth-order valence-corrected chi connectivity index (χ4v) is 2.13. The summed E-state index contributed by atoms with van der Waals surface area (Å²) in [5.74, 6) is 0.319. The lowest BCUT2D eigenvalue weighted by Gasteiger charge is -2.14. The Morgan fingerprint density at radius 2 is 1.81 bits per heavy atom. The summed E-state index contributed by atoms with van der Waals surface area (Å²) < 4.78 is 15.8. The second-order valence-electron chi connectivity index (χ2n) is 5.64.